The van der Waals surface area contributed by atoms with Gasteiger partial charge in [0.25, 0.3) is 5.91 Å². The summed E-state index contributed by atoms with van der Waals surface area (Å²) in [5, 5.41) is 10.8. The predicted molar refractivity (Wildman–Crippen MR) is 89.4 cm³/mol. The third kappa shape index (κ3) is 4.37. The summed E-state index contributed by atoms with van der Waals surface area (Å²) in [5.41, 5.74) is 7.93. The molecule has 0 aliphatic heterocycles. The fourth-order valence-electron chi connectivity index (χ4n) is 2.34. The number of hydrogen-bond donors (Lipinski definition) is 2. The molecule has 1 aromatic heterocycles. The summed E-state index contributed by atoms with van der Waals surface area (Å²) in [7, 11) is 0. The number of nitrogens with one attached hydrogen (secondary N) is 1. The summed E-state index contributed by atoms with van der Waals surface area (Å²) in [6.45, 7) is 8.07. The molecule has 0 aliphatic carbocycles. The molecule has 0 spiro atoms. The Labute approximate surface area is 136 Å². The molecule has 0 saturated carbocycles. The first-order valence-corrected chi connectivity index (χ1v) is 7.90. The maximum Gasteiger partial charge on any atom is 0.251 e. The van der Waals surface area contributed by atoms with Crippen LogP contribution in [0.1, 0.15) is 29.9 Å². The fraction of sp³-hybridized carbons (Fsp3) is 0.438. The first-order valence-electron chi connectivity index (χ1n) is 7.90. The molecule has 0 atom stereocenters. The quantitative estimate of drug-likeness (QED) is 0.752. The van der Waals surface area contributed by atoms with Crippen molar-refractivity contribution < 1.29 is 4.79 Å². The highest BCUT2D eigenvalue weighted by atomic mass is 16.1. The van der Waals surface area contributed by atoms with Crippen molar-refractivity contribution in [2.45, 2.75) is 20.4 Å². The topological polar surface area (TPSA) is 89.1 Å². The highest BCUT2D eigenvalue weighted by molar-refractivity contribution is 5.94. The highest BCUT2D eigenvalue weighted by Crippen LogP contribution is 2.10. The van der Waals surface area contributed by atoms with Gasteiger partial charge < -0.3 is 16.0 Å². The van der Waals surface area contributed by atoms with Gasteiger partial charge in [-0.2, -0.15) is 0 Å². The molecule has 23 heavy (non-hydrogen) atoms. The molecule has 0 radical (unpaired) electrons. The van der Waals surface area contributed by atoms with Crippen LogP contribution in [0, 0.1) is 0 Å². The summed E-state index contributed by atoms with van der Waals surface area (Å²) in [6, 6.07) is 7.24. The molecule has 2 aromatic rings. The lowest BCUT2D eigenvalue weighted by molar-refractivity contribution is 0.0949. The van der Waals surface area contributed by atoms with Gasteiger partial charge in [0.1, 0.15) is 0 Å². The minimum Gasteiger partial charge on any atom is -0.351 e. The summed E-state index contributed by atoms with van der Waals surface area (Å²) in [4.78, 5) is 14.4. The van der Waals surface area contributed by atoms with Gasteiger partial charge in [0, 0.05) is 25.2 Å². The van der Waals surface area contributed by atoms with Crippen LogP contribution in [0.2, 0.25) is 0 Å². The monoisotopic (exact) mass is 316 g/mol. The minimum atomic E-state index is -0.0682. The minimum absolute atomic E-state index is 0.0682. The van der Waals surface area contributed by atoms with E-state index >= 15 is 0 Å². The van der Waals surface area contributed by atoms with Crippen LogP contribution in [-0.4, -0.2) is 52.0 Å². The molecule has 7 nitrogen and oxygen atoms in total. The van der Waals surface area contributed by atoms with Crippen LogP contribution in [-0.2, 0) is 6.54 Å². The number of rotatable bonds is 8. The molecule has 0 bridgehead atoms. The third-order valence-electron chi connectivity index (χ3n) is 3.81. The Bertz CT molecular complexity index is 618. The third-order valence-corrected chi connectivity index (χ3v) is 3.81. The number of likely N-dealkylation sites (N-methyl/N-ethyl adjacent to an activating group) is 1. The largest absolute Gasteiger partial charge is 0.351 e. The number of benzene rings is 1. The van der Waals surface area contributed by atoms with Crippen LogP contribution in [0.25, 0.3) is 5.69 Å². The van der Waals surface area contributed by atoms with E-state index in [0.717, 1.165) is 31.0 Å². The van der Waals surface area contributed by atoms with Crippen LogP contribution >= 0.6 is 0 Å². The fourth-order valence-corrected chi connectivity index (χ4v) is 2.34. The number of aromatic nitrogens is 3. The van der Waals surface area contributed by atoms with Crippen molar-refractivity contribution in [1.29, 1.82) is 0 Å². The van der Waals surface area contributed by atoms with Gasteiger partial charge in [-0.1, -0.05) is 19.1 Å². The maximum absolute atomic E-state index is 12.1. The molecule has 1 amide bonds. The molecule has 1 heterocycles. The molecule has 0 aliphatic rings. The van der Waals surface area contributed by atoms with Crippen molar-refractivity contribution in [1.82, 2.24) is 25.2 Å². The van der Waals surface area contributed by atoms with Gasteiger partial charge in [-0.25, -0.2) is 4.68 Å². The molecular formula is C16H24N6O. The van der Waals surface area contributed by atoms with E-state index in [-0.39, 0.29) is 5.91 Å². The van der Waals surface area contributed by atoms with E-state index in [1.807, 2.05) is 12.1 Å². The van der Waals surface area contributed by atoms with Gasteiger partial charge in [-0.3, -0.25) is 4.79 Å². The smallest absolute Gasteiger partial charge is 0.251 e. The second-order valence-electron chi connectivity index (χ2n) is 5.17. The number of nitrogens with zero attached hydrogens (tertiary/aromatic N) is 4. The van der Waals surface area contributed by atoms with Crippen LogP contribution < -0.4 is 11.1 Å². The van der Waals surface area contributed by atoms with Crippen molar-refractivity contribution in [3.8, 4) is 5.69 Å². The SMILES string of the molecule is CCN(CC)CCNC(=O)c1ccc(-n2nncc2CN)cc1. The molecule has 7 heteroatoms. The van der Waals surface area contributed by atoms with Crippen LogP contribution in [0.5, 0.6) is 0 Å². The number of carbonyl (C=O) groups excluding carboxylic acids is 1. The van der Waals surface area contributed by atoms with E-state index in [4.69, 9.17) is 5.73 Å². The lowest BCUT2D eigenvalue weighted by Gasteiger charge is -2.17. The summed E-state index contributed by atoms with van der Waals surface area (Å²) < 4.78 is 1.67. The number of nitrogens with two attached hydrogens (primary N) is 1. The Morgan fingerprint density at radius 1 is 1.26 bits per heavy atom. The van der Waals surface area contributed by atoms with E-state index in [9.17, 15) is 4.79 Å². The highest BCUT2D eigenvalue weighted by Gasteiger charge is 2.08. The van der Waals surface area contributed by atoms with Crippen molar-refractivity contribution >= 4 is 5.91 Å². The molecular weight excluding hydrogens is 292 g/mol. The van der Waals surface area contributed by atoms with Crippen molar-refractivity contribution in [2.24, 2.45) is 5.73 Å². The van der Waals surface area contributed by atoms with Gasteiger partial charge in [0.2, 0.25) is 0 Å². The molecule has 0 unspecified atom stereocenters. The first kappa shape index (κ1) is 17.1. The number of amides is 1. The van der Waals surface area contributed by atoms with E-state index in [1.54, 1.807) is 23.0 Å². The summed E-state index contributed by atoms with van der Waals surface area (Å²) in [5.74, 6) is -0.0682. The van der Waals surface area contributed by atoms with Crippen molar-refractivity contribution in [3.63, 3.8) is 0 Å². The Morgan fingerprint density at radius 3 is 2.57 bits per heavy atom. The molecule has 1 aromatic carbocycles. The van der Waals surface area contributed by atoms with Crippen LogP contribution in [0.15, 0.2) is 30.5 Å². The van der Waals surface area contributed by atoms with Crippen molar-refractivity contribution in [2.75, 3.05) is 26.2 Å². The Hall–Kier alpha value is -2.25. The predicted octanol–water partition coefficient (Wildman–Crippen LogP) is 0.798. The average Bonchev–Trinajstić information content (AvgIpc) is 3.07. The summed E-state index contributed by atoms with van der Waals surface area (Å²) in [6.07, 6.45) is 1.63. The lowest BCUT2D eigenvalue weighted by Crippen LogP contribution is -2.34. The van der Waals surface area contributed by atoms with E-state index < -0.39 is 0 Å². The average molecular weight is 316 g/mol. The van der Waals surface area contributed by atoms with Crippen LogP contribution in [0.3, 0.4) is 0 Å². The zero-order valence-corrected chi connectivity index (χ0v) is 13.7. The van der Waals surface area contributed by atoms with Gasteiger partial charge in [-0.05, 0) is 37.4 Å². The van der Waals surface area contributed by atoms with Gasteiger partial charge >= 0.3 is 0 Å². The van der Waals surface area contributed by atoms with E-state index in [0.29, 0.717) is 18.7 Å². The van der Waals surface area contributed by atoms with E-state index in [1.165, 1.54) is 0 Å². The second-order valence-corrected chi connectivity index (χ2v) is 5.17. The number of hydrogen-bond acceptors (Lipinski definition) is 5. The van der Waals surface area contributed by atoms with Crippen molar-refractivity contribution in [3.05, 3.63) is 41.7 Å². The van der Waals surface area contributed by atoms with Gasteiger partial charge in [0.05, 0.1) is 17.6 Å². The standard InChI is InChI=1S/C16H24N6O/c1-3-21(4-2)10-9-18-16(23)13-5-7-14(8-6-13)22-15(11-17)12-19-20-22/h5-8,12H,3-4,9-11,17H2,1-2H3,(H,18,23). The Kier molecular flexibility index (Phi) is 6.25. The lowest BCUT2D eigenvalue weighted by atomic mass is 10.2. The van der Waals surface area contributed by atoms with Crippen LogP contribution in [0.4, 0.5) is 0 Å². The van der Waals surface area contributed by atoms with Gasteiger partial charge in [-0.15, -0.1) is 5.10 Å². The summed E-state index contributed by atoms with van der Waals surface area (Å²) >= 11 is 0. The Balaban J connectivity index is 1.95. The maximum atomic E-state index is 12.1. The molecule has 0 saturated heterocycles. The normalized spacial score (nSPS) is 11.0. The van der Waals surface area contributed by atoms with Gasteiger partial charge in [0.15, 0.2) is 0 Å². The second kappa shape index (κ2) is 8.40. The zero-order valence-electron chi connectivity index (χ0n) is 13.7. The molecule has 0 fully saturated rings. The molecule has 124 valence electrons. The molecule has 3 N–H and O–H groups in total. The van der Waals surface area contributed by atoms with E-state index in [2.05, 4.69) is 34.4 Å². The molecule has 2 rings (SSSR count). The Morgan fingerprint density at radius 2 is 1.96 bits per heavy atom. The zero-order chi connectivity index (χ0) is 16.7. The first-order chi connectivity index (χ1) is 11.2. The number of carbonyl (C=O) groups is 1.